The van der Waals surface area contributed by atoms with E-state index in [0.29, 0.717) is 12.5 Å². The van der Waals surface area contributed by atoms with Crippen LogP contribution in [0.5, 0.6) is 0 Å². The van der Waals surface area contributed by atoms with Gasteiger partial charge in [0.2, 0.25) is 0 Å². The second kappa shape index (κ2) is 8.20. The van der Waals surface area contributed by atoms with E-state index in [0.717, 1.165) is 21.1 Å². The van der Waals surface area contributed by atoms with Crippen LogP contribution in [0, 0.1) is 16.4 Å². The molecule has 1 aromatic carbocycles. The molecule has 1 atom stereocenters. The smallest absolute Gasteiger partial charge is 0.252 e. The molecule has 0 aliphatic heterocycles. The highest BCUT2D eigenvalue weighted by Gasteiger charge is 2.26. The minimum Gasteiger partial charge on any atom is -0.346 e. The Bertz CT molecular complexity index is 465. The summed E-state index contributed by atoms with van der Waals surface area (Å²) in [7, 11) is 0. The van der Waals surface area contributed by atoms with Gasteiger partial charge in [-0.2, -0.15) is 0 Å². The van der Waals surface area contributed by atoms with Crippen LogP contribution in [0.3, 0.4) is 0 Å². The Morgan fingerprint density at radius 3 is 2.55 bits per heavy atom. The number of halogens is 2. The monoisotopic (exact) mass is 410 g/mol. The predicted octanol–water partition coefficient (Wildman–Crippen LogP) is 3.51. The van der Waals surface area contributed by atoms with Gasteiger partial charge in [-0.3, -0.25) is 4.79 Å². The van der Waals surface area contributed by atoms with E-state index in [1.807, 2.05) is 32.0 Å². The van der Waals surface area contributed by atoms with Gasteiger partial charge < -0.3 is 11.1 Å². The topological polar surface area (TPSA) is 55.1 Å². The molecule has 0 bridgehead atoms. The summed E-state index contributed by atoms with van der Waals surface area (Å²) >= 11 is 2.25. The molecule has 1 unspecified atom stereocenters. The number of nitrogens with one attached hydrogen (secondary N) is 1. The van der Waals surface area contributed by atoms with Gasteiger partial charge in [0.25, 0.3) is 5.91 Å². The van der Waals surface area contributed by atoms with E-state index in [-0.39, 0.29) is 23.9 Å². The van der Waals surface area contributed by atoms with E-state index in [1.165, 1.54) is 0 Å². The highest BCUT2D eigenvalue weighted by atomic mass is 127. The Morgan fingerprint density at radius 2 is 2.05 bits per heavy atom. The third-order valence-corrected chi connectivity index (χ3v) is 4.41. The number of carbonyl (C=O) groups is 1. The average molecular weight is 411 g/mol. The van der Waals surface area contributed by atoms with Crippen LogP contribution in [0.15, 0.2) is 18.2 Å². The molecule has 1 aromatic rings. The van der Waals surface area contributed by atoms with Crippen LogP contribution in [-0.4, -0.2) is 18.0 Å². The Hall–Kier alpha value is -0.330. The van der Waals surface area contributed by atoms with Gasteiger partial charge in [-0.1, -0.05) is 19.9 Å². The number of nitrogens with two attached hydrogens (primary N) is 1. The minimum atomic E-state index is -0.348. The van der Waals surface area contributed by atoms with Crippen molar-refractivity contribution in [2.75, 3.05) is 6.54 Å². The van der Waals surface area contributed by atoms with Gasteiger partial charge in [0, 0.05) is 21.2 Å². The maximum Gasteiger partial charge on any atom is 0.252 e. The summed E-state index contributed by atoms with van der Waals surface area (Å²) in [5.41, 5.74) is 7.24. The van der Waals surface area contributed by atoms with Gasteiger partial charge in [-0.05, 0) is 66.5 Å². The number of hydrogen-bond donors (Lipinski definition) is 2. The highest BCUT2D eigenvalue weighted by molar-refractivity contribution is 14.1. The van der Waals surface area contributed by atoms with Crippen LogP contribution in [0.4, 0.5) is 0 Å². The first kappa shape index (κ1) is 19.7. The maximum atomic E-state index is 12.4. The second-order valence-electron chi connectivity index (χ2n) is 5.73. The zero-order valence-corrected chi connectivity index (χ0v) is 15.5. The summed E-state index contributed by atoms with van der Waals surface area (Å²) in [6.07, 6.45) is 0.873. The van der Waals surface area contributed by atoms with Crippen LogP contribution >= 0.6 is 35.0 Å². The molecule has 5 heteroatoms. The van der Waals surface area contributed by atoms with Crippen molar-refractivity contribution in [2.24, 2.45) is 11.7 Å². The van der Waals surface area contributed by atoms with Crippen LogP contribution in [-0.2, 0) is 0 Å². The molecular weight excluding hydrogens is 387 g/mol. The Morgan fingerprint density at radius 1 is 1.45 bits per heavy atom. The van der Waals surface area contributed by atoms with Gasteiger partial charge in [0.1, 0.15) is 0 Å². The lowest BCUT2D eigenvalue weighted by molar-refractivity contribution is 0.0897. The van der Waals surface area contributed by atoms with Crippen molar-refractivity contribution in [1.29, 1.82) is 0 Å². The number of carbonyl (C=O) groups excluding carboxylic acids is 1. The van der Waals surface area contributed by atoms with Crippen LogP contribution in [0.2, 0.25) is 0 Å². The van der Waals surface area contributed by atoms with Crippen molar-refractivity contribution in [3.63, 3.8) is 0 Å². The van der Waals surface area contributed by atoms with E-state index < -0.39 is 0 Å². The maximum absolute atomic E-state index is 12.4. The molecular formula is C15H24ClIN2O. The molecule has 0 aromatic heterocycles. The summed E-state index contributed by atoms with van der Waals surface area (Å²) in [6.45, 7) is 8.69. The average Bonchev–Trinajstić information content (AvgIpc) is 2.31. The van der Waals surface area contributed by atoms with Crippen molar-refractivity contribution in [2.45, 2.75) is 39.7 Å². The van der Waals surface area contributed by atoms with Crippen molar-refractivity contribution >= 4 is 40.9 Å². The molecule has 0 spiro atoms. The normalized spacial score (nSPS) is 13.6. The fraction of sp³-hybridized carbons (Fsp3) is 0.533. The van der Waals surface area contributed by atoms with Crippen LogP contribution in [0.1, 0.15) is 43.1 Å². The molecule has 0 aliphatic rings. The van der Waals surface area contributed by atoms with Gasteiger partial charge >= 0.3 is 0 Å². The molecule has 0 saturated heterocycles. The summed E-state index contributed by atoms with van der Waals surface area (Å²) in [4.78, 5) is 12.4. The number of rotatable bonds is 5. The van der Waals surface area contributed by atoms with Gasteiger partial charge in [-0.15, -0.1) is 12.4 Å². The largest absolute Gasteiger partial charge is 0.346 e. The molecule has 20 heavy (non-hydrogen) atoms. The molecule has 1 amide bonds. The lowest BCUT2D eigenvalue weighted by Crippen LogP contribution is -2.52. The zero-order chi connectivity index (χ0) is 14.6. The Balaban J connectivity index is 0.00000361. The Kier molecular flexibility index (Phi) is 8.06. The molecule has 1 rings (SSSR count). The lowest BCUT2D eigenvalue weighted by Gasteiger charge is -2.31. The van der Waals surface area contributed by atoms with E-state index in [1.54, 1.807) is 0 Å². The first-order chi connectivity index (χ1) is 8.79. The third-order valence-electron chi connectivity index (χ3n) is 3.24. The summed E-state index contributed by atoms with van der Waals surface area (Å²) in [6, 6.07) is 5.77. The summed E-state index contributed by atoms with van der Waals surface area (Å²) < 4.78 is 1.10. The lowest BCUT2D eigenvalue weighted by atomic mass is 9.90. The molecule has 114 valence electrons. The standard InChI is InChI=1S/C15H23IN2O.ClH/c1-10(2)8-15(4,9-17)18-14(19)12-6-5-7-13(16)11(12)3;/h5-7,10H,8-9,17H2,1-4H3,(H,18,19);1H. The zero-order valence-electron chi connectivity index (χ0n) is 12.5. The van der Waals surface area contributed by atoms with Crippen molar-refractivity contribution in [3.8, 4) is 0 Å². The molecule has 0 fully saturated rings. The van der Waals surface area contributed by atoms with Crippen LogP contribution in [0.25, 0.3) is 0 Å². The summed E-state index contributed by atoms with van der Waals surface area (Å²) in [5, 5.41) is 3.09. The highest BCUT2D eigenvalue weighted by Crippen LogP contribution is 2.19. The molecule has 0 aliphatic carbocycles. The van der Waals surface area contributed by atoms with Gasteiger partial charge in [0.05, 0.1) is 0 Å². The van der Waals surface area contributed by atoms with Crippen molar-refractivity contribution in [3.05, 3.63) is 32.9 Å². The number of amides is 1. The predicted molar refractivity (Wildman–Crippen MR) is 95.5 cm³/mol. The third kappa shape index (κ3) is 5.22. The fourth-order valence-corrected chi connectivity index (χ4v) is 2.78. The quantitative estimate of drug-likeness (QED) is 0.730. The van der Waals surface area contributed by atoms with Gasteiger partial charge in [-0.25, -0.2) is 0 Å². The second-order valence-corrected chi connectivity index (χ2v) is 6.89. The Labute approximate surface area is 141 Å². The van der Waals surface area contributed by atoms with E-state index in [2.05, 4.69) is 41.8 Å². The first-order valence-corrected chi connectivity index (χ1v) is 7.64. The van der Waals surface area contributed by atoms with E-state index in [4.69, 9.17) is 5.73 Å². The fourth-order valence-electron chi connectivity index (χ4n) is 2.28. The molecule has 3 N–H and O–H groups in total. The molecule has 0 heterocycles. The van der Waals surface area contributed by atoms with Crippen LogP contribution < -0.4 is 11.1 Å². The van der Waals surface area contributed by atoms with E-state index in [9.17, 15) is 4.79 Å². The van der Waals surface area contributed by atoms with Gasteiger partial charge in [0.15, 0.2) is 0 Å². The SMILES string of the molecule is Cc1c(I)cccc1C(=O)NC(C)(CN)CC(C)C.Cl. The number of hydrogen-bond acceptors (Lipinski definition) is 2. The van der Waals surface area contributed by atoms with Crippen molar-refractivity contribution < 1.29 is 4.79 Å². The first-order valence-electron chi connectivity index (χ1n) is 6.57. The molecule has 0 saturated carbocycles. The molecule has 3 nitrogen and oxygen atoms in total. The minimum absolute atomic E-state index is 0. The van der Waals surface area contributed by atoms with Crippen molar-refractivity contribution in [1.82, 2.24) is 5.32 Å². The van der Waals surface area contributed by atoms with E-state index >= 15 is 0 Å². The number of benzene rings is 1. The summed E-state index contributed by atoms with van der Waals surface area (Å²) in [5.74, 6) is 0.454. The molecule has 0 radical (unpaired) electrons.